The van der Waals surface area contributed by atoms with E-state index in [4.69, 9.17) is 10.5 Å². The average molecular weight is 252 g/mol. The van der Waals surface area contributed by atoms with Crippen LogP contribution in [0, 0.1) is 5.82 Å². The molecule has 0 saturated carbocycles. The second kappa shape index (κ2) is 5.82. The van der Waals surface area contributed by atoms with Gasteiger partial charge in [0.15, 0.2) is 0 Å². The van der Waals surface area contributed by atoms with E-state index in [1.54, 1.807) is 17.0 Å². The van der Waals surface area contributed by atoms with Gasteiger partial charge in [0.2, 0.25) is 0 Å². The highest BCUT2D eigenvalue weighted by atomic mass is 19.1. The number of hydrogen-bond acceptors (Lipinski definition) is 3. The van der Waals surface area contributed by atoms with Gasteiger partial charge in [0.1, 0.15) is 12.4 Å². The Balaban J connectivity index is 1.81. The number of carbonyl (C=O) groups is 1. The molecule has 0 unspecified atom stereocenters. The van der Waals surface area contributed by atoms with Gasteiger partial charge >= 0.3 is 6.09 Å². The summed E-state index contributed by atoms with van der Waals surface area (Å²) in [5.74, 6) is -0.326. The molecule has 0 spiro atoms. The Kier molecular flexibility index (Phi) is 4.15. The molecule has 1 aromatic rings. The number of hydrogen-bond donors (Lipinski definition) is 1. The molecule has 1 saturated heterocycles. The van der Waals surface area contributed by atoms with Crippen molar-refractivity contribution in [2.24, 2.45) is 5.73 Å². The number of amides is 1. The highest BCUT2D eigenvalue weighted by molar-refractivity contribution is 5.67. The summed E-state index contributed by atoms with van der Waals surface area (Å²) in [6.07, 6.45) is 1.25. The number of rotatable bonds is 2. The molecule has 0 aliphatic carbocycles. The Labute approximate surface area is 106 Å². The standard InChI is InChI=1S/C13H17FN2O2/c14-11-3-1-2-10(8-11)9-18-13(17)16-6-4-12(15)5-7-16/h1-3,8,12H,4-7,9,15H2. The van der Waals surface area contributed by atoms with E-state index in [0.717, 1.165) is 12.8 Å². The van der Waals surface area contributed by atoms with Crippen molar-refractivity contribution in [1.82, 2.24) is 4.90 Å². The molecule has 4 nitrogen and oxygen atoms in total. The number of piperidine rings is 1. The maximum Gasteiger partial charge on any atom is 0.410 e. The van der Waals surface area contributed by atoms with Gasteiger partial charge in [0.25, 0.3) is 0 Å². The van der Waals surface area contributed by atoms with Crippen LogP contribution in [0.5, 0.6) is 0 Å². The van der Waals surface area contributed by atoms with E-state index in [9.17, 15) is 9.18 Å². The lowest BCUT2D eigenvalue weighted by molar-refractivity contribution is 0.0873. The molecule has 0 bridgehead atoms. The highest BCUT2D eigenvalue weighted by Gasteiger charge is 2.21. The first-order valence-electron chi connectivity index (χ1n) is 6.07. The minimum absolute atomic E-state index is 0.0964. The molecule has 0 atom stereocenters. The van der Waals surface area contributed by atoms with E-state index in [0.29, 0.717) is 18.7 Å². The smallest absolute Gasteiger partial charge is 0.410 e. The van der Waals surface area contributed by atoms with E-state index < -0.39 is 0 Å². The predicted octanol–water partition coefficient (Wildman–Crippen LogP) is 1.89. The van der Waals surface area contributed by atoms with Crippen LogP contribution < -0.4 is 5.73 Å². The van der Waals surface area contributed by atoms with E-state index >= 15 is 0 Å². The predicted molar refractivity (Wildman–Crippen MR) is 65.4 cm³/mol. The lowest BCUT2D eigenvalue weighted by atomic mass is 10.1. The Morgan fingerprint density at radius 1 is 1.44 bits per heavy atom. The number of ether oxygens (including phenoxy) is 1. The van der Waals surface area contributed by atoms with Crippen molar-refractivity contribution in [3.63, 3.8) is 0 Å². The van der Waals surface area contributed by atoms with Gasteiger partial charge in [0.05, 0.1) is 0 Å². The van der Waals surface area contributed by atoms with Gasteiger partial charge in [0, 0.05) is 19.1 Å². The van der Waals surface area contributed by atoms with Gasteiger partial charge in [-0.3, -0.25) is 0 Å². The minimum atomic E-state index is -0.355. The zero-order chi connectivity index (χ0) is 13.0. The maximum absolute atomic E-state index is 12.9. The second-order valence-electron chi connectivity index (χ2n) is 4.51. The fourth-order valence-electron chi connectivity index (χ4n) is 1.95. The summed E-state index contributed by atoms with van der Waals surface area (Å²) in [5, 5.41) is 0. The molecule has 1 fully saturated rings. The van der Waals surface area contributed by atoms with Crippen LogP contribution in [0.4, 0.5) is 9.18 Å². The quantitative estimate of drug-likeness (QED) is 0.874. The number of likely N-dealkylation sites (tertiary alicyclic amines) is 1. The monoisotopic (exact) mass is 252 g/mol. The molecule has 18 heavy (non-hydrogen) atoms. The van der Waals surface area contributed by atoms with Crippen LogP contribution >= 0.6 is 0 Å². The highest BCUT2D eigenvalue weighted by Crippen LogP contribution is 2.11. The number of halogens is 1. The van der Waals surface area contributed by atoms with Gasteiger partial charge in [-0.2, -0.15) is 0 Å². The van der Waals surface area contributed by atoms with Crippen molar-refractivity contribution < 1.29 is 13.9 Å². The van der Waals surface area contributed by atoms with E-state index in [1.165, 1.54) is 12.1 Å². The van der Waals surface area contributed by atoms with Crippen molar-refractivity contribution in [2.75, 3.05) is 13.1 Å². The van der Waals surface area contributed by atoms with Gasteiger partial charge < -0.3 is 15.4 Å². The third kappa shape index (κ3) is 3.43. The van der Waals surface area contributed by atoms with Crippen LogP contribution in [0.3, 0.4) is 0 Å². The van der Waals surface area contributed by atoms with E-state index in [2.05, 4.69) is 0 Å². The minimum Gasteiger partial charge on any atom is -0.445 e. The Morgan fingerprint density at radius 3 is 2.83 bits per heavy atom. The molecule has 0 aromatic heterocycles. The number of carbonyl (C=O) groups excluding carboxylic acids is 1. The lowest BCUT2D eigenvalue weighted by Gasteiger charge is -2.29. The summed E-state index contributed by atoms with van der Waals surface area (Å²) in [6, 6.07) is 6.22. The summed E-state index contributed by atoms with van der Waals surface area (Å²) in [5.41, 5.74) is 6.41. The van der Waals surface area contributed by atoms with Crippen LogP contribution in [0.2, 0.25) is 0 Å². The molecule has 2 N–H and O–H groups in total. The molecule has 2 rings (SSSR count). The van der Waals surface area contributed by atoms with Crippen molar-refractivity contribution in [1.29, 1.82) is 0 Å². The largest absolute Gasteiger partial charge is 0.445 e. The van der Waals surface area contributed by atoms with Crippen LogP contribution in [0.1, 0.15) is 18.4 Å². The van der Waals surface area contributed by atoms with Crippen molar-refractivity contribution >= 4 is 6.09 Å². The normalized spacial score (nSPS) is 16.7. The topological polar surface area (TPSA) is 55.6 Å². The summed E-state index contributed by atoms with van der Waals surface area (Å²) < 4.78 is 18.1. The Morgan fingerprint density at radius 2 is 2.17 bits per heavy atom. The zero-order valence-corrected chi connectivity index (χ0v) is 10.1. The molecule has 1 amide bonds. The average Bonchev–Trinajstić information content (AvgIpc) is 2.37. The van der Waals surface area contributed by atoms with Crippen LogP contribution in [0.15, 0.2) is 24.3 Å². The Hall–Kier alpha value is -1.62. The molecule has 1 aliphatic rings. The third-order valence-corrected chi connectivity index (χ3v) is 3.05. The number of nitrogens with zero attached hydrogens (tertiary/aromatic N) is 1. The summed E-state index contributed by atoms with van der Waals surface area (Å²) in [4.78, 5) is 13.4. The summed E-state index contributed by atoms with van der Waals surface area (Å²) in [7, 11) is 0. The van der Waals surface area contributed by atoms with Crippen molar-refractivity contribution in [3.8, 4) is 0 Å². The number of benzene rings is 1. The Bertz CT molecular complexity index is 417. The molecular weight excluding hydrogens is 235 g/mol. The first kappa shape index (κ1) is 12.8. The first-order valence-corrected chi connectivity index (χ1v) is 6.07. The molecule has 1 aliphatic heterocycles. The summed E-state index contributed by atoms with van der Waals surface area (Å²) >= 11 is 0. The fraction of sp³-hybridized carbons (Fsp3) is 0.462. The lowest BCUT2D eigenvalue weighted by Crippen LogP contribution is -2.43. The molecule has 98 valence electrons. The maximum atomic E-state index is 12.9. The van der Waals surface area contributed by atoms with E-state index in [1.807, 2.05) is 0 Å². The second-order valence-corrected chi connectivity index (χ2v) is 4.51. The molecular formula is C13H17FN2O2. The molecule has 1 heterocycles. The van der Waals surface area contributed by atoms with Gasteiger partial charge in [-0.05, 0) is 30.5 Å². The fourth-order valence-corrected chi connectivity index (χ4v) is 1.95. The van der Waals surface area contributed by atoms with Crippen LogP contribution in [-0.4, -0.2) is 30.1 Å². The first-order chi connectivity index (χ1) is 8.65. The molecule has 5 heteroatoms. The van der Waals surface area contributed by atoms with E-state index in [-0.39, 0.29) is 24.6 Å². The molecule has 1 aromatic carbocycles. The van der Waals surface area contributed by atoms with Crippen LogP contribution in [-0.2, 0) is 11.3 Å². The third-order valence-electron chi connectivity index (χ3n) is 3.05. The summed E-state index contributed by atoms with van der Waals surface area (Å²) in [6.45, 7) is 1.35. The van der Waals surface area contributed by atoms with Crippen molar-refractivity contribution in [3.05, 3.63) is 35.6 Å². The van der Waals surface area contributed by atoms with Crippen molar-refractivity contribution in [2.45, 2.75) is 25.5 Å². The zero-order valence-electron chi connectivity index (χ0n) is 10.1. The van der Waals surface area contributed by atoms with Gasteiger partial charge in [-0.1, -0.05) is 12.1 Å². The number of nitrogens with two attached hydrogens (primary N) is 1. The van der Waals surface area contributed by atoms with Gasteiger partial charge in [-0.25, -0.2) is 9.18 Å². The van der Waals surface area contributed by atoms with Crippen LogP contribution in [0.25, 0.3) is 0 Å². The van der Waals surface area contributed by atoms with Gasteiger partial charge in [-0.15, -0.1) is 0 Å². The molecule has 0 radical (unpaired) electrons. The SMILES string of the molecule is NC1CCN(C(=O)OCc2cccc(F)c2)CC1.